The first kappa shape index (κ1) is 10.6. The fourth-order valence-corrected chi connectivity index (χ4v) is 0.445. The highest BCUT2D eigenvalue weighted by Gasteiger charge is 2.11. The second-order valence-corrected chi connectivity index (χ2v) is 2.36. The Bertz CT molecular complexity index is 213. The highest BCUT2D eigenvalue weighted by molar-refractivity contribution is 5.92. The molecule has 0 aliphatic carbocycles. The van der Waals surface area contributed by atoms with Crippen LogP contribution in [0.5, 0.6) is 0 Å². The number of carboxylic acids is 1. The van der Waals surface area contributed by atoms with Crippen molar-refractivity contribution in [1.82, 2.24) is 5.32 Å². The molecule has 0 heterocycles. The van der Waals surface area contributed by atoms with Gasteiger partial charge in [0, 0.05) is 13.5 Å². The first-order valence-corrected chi connectivity index (χ1v) is 3.37. The van der Waals surface area contributed by atoms with Gasteiger partial charge < -0.3 is 16.2 Å². The van der Waals surface area contributed by atoms with Gasteiger partial charge in [0.15, 0.2) is 5.78 Å². The van der Waals surface area contributed by atoms with Gasteiger partial charge in [-0.15, -0.1) is 0 Å². The van der Waals surface area contributed by atoms with E-state index >= 15 is 0 Å². The van der Waals surface area contributed by atoms with E-state index < -0.39 is 12.0 Å². The van der Waals surface area contributed by atoms with Gasteiger partial charge in [0.05, 0.1) is 5.70 Å². The SMILES string of the molecule is C=C(NCC(N)C(=O)O)C(C)=O. The van der Waals surface area contributed by atoms with Gasteiger partial charge in [-0.25, -0.2) is 0 Å². The number of nitrogens with two attached hydrogens (primary N) is 1. The summed E-state index contributed by atoms with van der Waals surface area (Å²) in [5, 5.41) is 10.9. The zero-order valence-corrected chi connectivity index (χ0v) is 6.83. The first-order chi connectivity index (χ1) is 5.45. The lowest BCUT2D eigenvalue weighted by molar-refractivity contribution is -0.138. The molecule has 1 unspecified atom stereocenters. The van der Waals surface area contributed by atoms with Gasteiger partial charge in [-0.3, -0.25) is 9.59 Å². The molecular weight excluding hydrogens is 160 g/mol. The molecule has 12 heavy (non-hydrogen) atoms. The summed E-state index contributed by atoms with van der Waals surface area (Å²) in [6, 6.07) is -1.01. The minimum atomic E-state index is -1.11. The Balaban J connectivity index is 3.76. The Kier molecular flexibility index (Phi) is 3.99. The maximum absolute atomic E-state index is 10.6. The molecule has 0 saturated carbocycles. The van der Waals surface area contributed by atoms with Gasteiger partial charge in [-0.1, -0.05) is 6.58 Å². The molecule has 0 rings (SSSR count). The molecule has 68 valence electrons. The standard InChI is InChI=1S/C7H12N2O3/c1-4(5(2)10)9-3-6(8)7(11)12/h6,9H,1,3,8H2,2H3,(H,11,12). The first-order valence-electron chi connectivity index (χ1n) is 3.37. The van der Waals surface area contributed by atoms with Crippen molar-refractivity contribution in [3.05, 3.63) is 12.3 Å². The van der Waals surface area contributed by atoms with E-state index in [9.17, 15) is 9.59 Å². The van der Waals surface area contributed by atoms with Crippen molar-refractivity contribution in [3.8, 4) is 0 Å². The zero-order chi connectivity index (χ0) is 9.72. The second-order valence-electron chi connectivity index (χ2n) is 2.36. The van der Waals surface area contributed by atoms with Gasteiger partial charge in [0.25, 0.3) is 0 Å². The van der Waals surface area contributed by atoms with Crippen molar-refractivity contribution in [2.24, 2.45) is 5.73 Å². The molecule has 0 radical (unpaired) electrons. The molecule has 4 N–H and O–H groups in total. The Morgan fingerprint density at radius 2 is 2.17 bits per heavy atom. The van der Waals surface area contributed by atoms with Crippen molar-refractivity contribution >= 4 is 11.8 Å². The van der Waals surface area contributed by atoms with Crippen LogP contribution in [0.15, 0.2) is 12.3 Å². The highest BCUT2D eigenvalue weighted by atomic mass is 16.4. The van der Waals surface area contributed by atoms with Crippen LogP contribution >= 0.6 is 0 Å². The van der Waals surface area contributed by atoms with E-state index in [2.05, 4.69) is 11.9 Å². The number of aliphatic carboxylic acids is 1. The van der Waals surface area contributed by atoms with E-state index in [4.69, 9.17) is 10.8 Å². The fourth-order valence-electron chi connectivity index (χ4n) is 0.445. The van der Waals surface area contributed by atoms with Crippen LogP contribution in [-0.4, -0.2) is 29.4 Å². The summed E-state index contributed by atoms with van der Waals surface area (Å²) in [6.07, 6.45) is 0. The topological polar surface area (TPSA) is 92.4 Å². The van der Waals surface area contributed by atoms with Crippen LogP contribution in [0.2, 0.25) is 0 Å². The molecule has 0 aliphatic heterocycles. The lowest BCUT2D eigenvalue weighted by Crippen LogP contribution is -2.40. The Labute approximate surface area is 70.2 Å². The van der Waals surface area contributed by atoms with Crippen LogP contribution in [0.3, 0.4) is 0 Å². The monoisotopic (exact) mass is 172 g/mol. The molecule has 5 nitrogen and oxygen atoms in total. The van der Waals surface area contributed by atoms with Crippen molar-refractivity contribution in [3.63, 3.8) is 0 Å². The molecule has 0 aromatic heterocycles. The average Bonchev–Trinajstić information content (AvgIpc) is 1.98. The number of carbonyl (C=O) groups is 2. The van der Waals surface area contributed by atoms with E-state index in [1.165, 1.54) is 6.92 Å². The minimum Gasteiger partial charge on any atom is -0.480 e. The summed E-state index contributed by atoms with van der Waals surface area (Å²) >= 11 is 0. The number of nitrogens with one attached hydrogen (secondary N) is 1. The third kappa shape index (κ3) is 3.72. The number of Topliss-reactive ketones (excluding diaryl/α,β-unsaturated/α-hetero) is 1. The number of rotatable bonds is 5. The smallest absolute Gasteiger partial charge is 0.322 e. The summed E-state index contributed by atoms with van der Waals surface area (Å²) < 4.78 is 0. The van der Waals surface area contributed by atoms with Crippen LogP contribution in [0.4, 0.5) is 0 Å². The molecule has 5 heteroatoms. The van der Waals surface area contributed by atoms with Gasteiger partial charge in [-0.2, -0.15) is 0 Å². The van der Waals surface area contributed by atoms with E-state index in [0.717, 1.165) is 0 Å². The largest absolute Gasteiger partial charge is 0.480 e. The van der Waals surface area contributed by atoms with Crippen molar-refractivity contribution in [2.45, 2.75) is 13.0 Å². The minimum absolute atomic E-state index is 0.00769. The van der Waals surface area contributed by atoms with Crippen LogP contribution in [0.1, 0.15) is 6.92 Å². The Morgan fingerprint density at radius 1 is 1.67 bits per heavy atom. The summed E-state index contributed by atoms with van der Waals surface area (Å²) in [6.45, 7) is 4.72. The number of carbonyl (C=O) groups excluding carboxylic acids is 1. The van der Waals surface area contributed by atoms with Crippen LogP contribution in [0, 0.1) is 0 Å². The third-order valence-corrected chi connectivity index (χ3v) is 1.28. The molecule has 0 aliphatic rings. The Hall–Kier alpha value is -1.36. The molecule has 0 bridgehead atoms. The maximum Gasteiger partial charge on any atom is 0.322 e. The van der Waals surface area contributed by atoms with E-state index in [1.54, 1.807) is 0 Å². The molecule has 0 spiro atoms. The molecule has 0 saturated heterocycles. The third-order valence-electron chi connectivity index (χ3n) is 1.28. The van der Waals surface area contributed by atoms with E-state index in [0.29, 0.717) is 0 Å². The van der Waals surface area contributed by atoms with Gasteiger partial charge in [0.1, 0.15) is 6.04 Å². The molecule has 0 amide bonds. The lowest BCUT2D eigenvalue weighted by atomic mass is 10.3. The molecule has 1 atom stereocenters. The van der Waals surface area contributed by atoms with Crippen molar-refractivity contribution in [1.29, 1.82) is 0 Å². The molecule has 0 aromatic carbocycles. The summed E-state index contributed by atoms with van der Waals surface area (Å²) in [4.78, 5) is 20.8. The summed E-state index contributed by atoms with van der Waals surface area (Å²) in [5.74, 6) is -1.34. The predicted octanol–water partition coefficient (Wildman–Crippen LogP) is -0.909. The van der Waals surface area contributed by atoms with Gasteiger partial charge in [0.2, 0.25) is 0 Å². The van der Waals surface area contributed by atoms with Crippen molar-refractivity contribution < 1.29 is 14.7 Å². The molecule has 0 aromatic rings. The maximum atomic E-state index is 10.6. The van der Waals surface area contributed by atoms with Crippen LogP contribution in [0.25, 0.3) is 0 Å². The number of hydrogen-bond acceptors (Lipinski definition) is 4. The number of hydrogen-bond donors (Lipinski definition) is 3. The highest BCUT2D eigenvalue weighted by Crippen LogP contribution is 1.86. The summed E-state index contributed by atoms with van der Waals surface area (Å²) in [7, 11) is 0. The molecule has 0 fully saturated rings. The normalized spacial score (nSPS) is 11.8. The lowest BCUT2D eigenvalue weighted by Gasteiger charge is -2.09. The average molecular weight is 172 g/mol. The van der Waals surface area contributed by atoms with Gasteiger partial charge >= 0.3 is 5.97 Å². The quantitative estimate of drug-likeness (QED) is 0.467. The number of carboxylic acid groups (broad SMARTS) is 1. The zero-order valence-electron chi connectivity index (χ0n) is 6.83. The summed E-state index contributed by atoms with van der Waals surface area (Å²) in [5.41, 5.74) is 5.32. The number of allylic oxidation sites excluding steroid dienone is 1. The van der Waals surface area contributed by atoms with E-state index in [-0.39, 0.29) is 18.0 Å². The van der Waals surface area contributed by atoms with Crippen molar-refractivity contribution in [2.75, 3.05) is 6.54 Å². The Morgan fingerprint density at radius 3 is 2.50 bits per heavy atom. The number of ketones is 1. The second kappa shape index (κ2) is 4.50. The fraction of sp³-hybridized carbons (Fsp3) is 0.429. The van der Waals surface area contributed by atoms with Crippen LogP contribution < -0.4 is 11.1 Å². The van der Waals surface area contributed by atoms with Crippen LogP contribution in [-0.2, 0) is 9.59 Å². The van der Waals surface area contributed by atoms with Gasteiger partial charge in [-0.05, 0) is 0 Å². The predicted molar refractivity (Wildman–Crippen MR) is 43.4 cm³/mol. The molecular formula is C7H12N2O3. The van der Waals surface area contributed by atoms with E-state index in [1.807, 2.05) is 0 Å².